The van der Waals surface area contributed by atoms with Crippen LogP contribution in [0, 0.1) is 0 Å². The Labute approximate surface area is 134 Å². The number of anilines is 1. The second kappa shape index (κ2) is 6.27. The van der Waals surface area contributed by atoms with Crippen LogP contribution in [0.2, 0.25) is 0 Å². The highest BCUT2D eigenvalue weighted by molar-refractivity contribution is 7.80. The van der Waals surface area contributed by atoms with E-state index in [1.807, 2.05) is 31.3 Å². The van der Waals surface area contributed by atoms with Crippen molar-refractivity contribution in [3.63, 3.8) is 0 Å². The van der Waals surface area contributed by atoms with Crippen molar-refractivity contribution in [3.05, 3.63) is 30.1 Å². The number of nitrogens with zero attached hydrogens (tertiary/aromatic N) is 5. The number of benzene rings is 1. The number of tetrazole rings is 1. The summed E-state index contributed by atoms with van der Waals surface area (Å²) in [5.74, 6) is 0.694. The average Bonchev–Trinajstić information content (AvgIpc) is 3.04. The van der Waals surface area contributed by atoms with Crippen molar-refractivity contribution in [2.45, 2.75) is 25.3 Å². The lowest BCUT2D eigenvalue weighted by molar-refractivity contribution is 0.233. The Balaban J connectivity index is 1.87. The number of nitrogens with two attached hydrogens (primary N) is 1. The summed E-state index contributed by atoms with van der Waals surface area (Å²) in [4.78, 5) is 3.65. The van der Waals surface area contributed by atoms with Gasteiger partial charge >= 0.3 is 0 Å². The van der Waals surface area contributed by atoms with Gasteiger partial charge in [0.1, 0.15) is 0 Å². The summed E-state index contributed by atoms with van der Waals surface area (Å²) in [7, 11) is 1.84. The van der Waals surface area contributed by atoms with Crippen LogP contribution in [0.1, 0.15) is 31.1 Å². The first kappa shape index (κ1) is 14.7. The van der Waals surface area contributed by atoms with Crippen LogP contribution < -0.4 is 11.1 Å². The minimum absolute atomic E-state index is 0.0727. The predicted molar refractivity (Wildman–Crippen MR) is 88.5 cm³/mol. The molecule has 22 heavy (non-hydrogen) atoms. The molecular weight excluding hydrogens is 298 g/mol. The highest BCUT2D eigenvalue weighted by Gasteiger charge is 2.29. The number of likely N-dealkylation sites (tertiary alicyclic amines) is 1. The summed E-state index contributed by atoms with van der Waals surface area (Å²) < 4.78 is 0. The van der Waals surface area contributed by atoms with Crippen LogP contribution in [0.15, 0.2) is 24.3 Å². The molecular formula is C14H19N7S. The molecule has 1 aromatic heterocycles. The van der Waals surface area contributed by atoms with Gasteiger partial charge in [0.05, 0.1) is 11.7 Å². The molecule has 1 saturated heterocycles. The van der Waals surface area contributed by atoms with Gasteiger partial charge in [0, 0.05) is 19.3 Å². The number of hydrogen-bond acceptors (Lipinski definition) is 5. The molecule has 1 unspecified atom stereocenters. The highest BCUT2D eigenvalue weighted by atomic mass is 32.1. The standard InChI is InChI=1S/C14H19N7S/c1-16-14(22)20-8-3-2-7-12(20)13-17-19-21(18-13)11-6-4-5-10(15)9-11/h4-6,9,12H,2-3,7-8,15H2,1H3,(H,16,22). The molecule has 7 nitrogen and oxygen atoms in total. The van der Waals surface area contributed by atoms with E-state index in [1.165, 1.54) is 4.80 Å². The summed E-state index contributed by atoms with van der Waals surface area (Å²) in [5.41, 5.74) is 7.28. The SMILES string of the molecule is CNC(=S)N1CCCCC1c1nnn(-c2cccc(N)c2)n1. The van der Waals surface area contributed by atoms with E-state index in [2.05, 4.69) is 25.6 Å². The largest absolute Gasteiger partial charge is 0.399 e. The molecule has 1 aliphatic rings. The van der Waals surface area contributed by atoms with E-state index in [9.17, 15) is 0 Å². The Bertz CT molecular complexity index is 669. The van der Waals surface area contributed by atoms with Crippen molar-refractivity contribution in [2.24, 2.45) is 0 Å². The van der Waals surface area contributed by atoms with Crippen LogP contribution in [0.5, 0.6) is 0 Å². The fourth-order valence-electron chi connectivity index (χ4n) is 2.70. The number of nitrogens with one attached hydrogen (secondary N) is 1. The fourth-order valence-corrected chi connectivity index (χ4v) is 2.92. The minimum Gasteiger partial charge on any atom is -0.399 e. The number of piperidine rings is 1. The molecule has 8 heteroatoms. The maximum Gasteiger partial charge on any atom is 0.197 e. The molecule has 2 aromatic rings. The van der Waals surface area contributed by atoms with Crippen LogP contribution in [-0.4, -0.2) is 43.8 Å². The van der Waals surface area contributed by atoms with Gasteiger partial charge in [0.25, 0.3) is 0 Å². The third-order valence-corrected chi connectivity index (χ3v) is 4.24. The second-order valence-electron chi connectivity index (χ2n) is 5.29. The monoisotopic (exact) mass is 317 g/mol. The molecule has 0 bridgehead atoms. The fraction of sp³-hybridized carbons (Fsp3) is 0.429. The van der Waals surface area contributed by atoms with Crippen molar-refractivity contribution >= 4 is 23.0 Å². The van der Waals surface area contributed by atoms with E-state index >= 15 is 0 Å². The van der Waals surface area contributed by atoms with E-state index in [0.717, 1.165) is 36.6 Å². The Morgan fingerprint density at radius 2 is 2.27 bits per heavy atom. The first-order valence-electron chi connectivity index (χ1n) is 7.33. The third-order valence-electron chi connectivity index (χ3n) is 3.81. The van der Waals surface area contributed by atoms with Crippen molar-refractivity contribution < 1.29 is 0 Å². The molecule has 1 aromatic carbocycles. The smallest absolute Gasteiger partial charge is 0.197 e. The first-order valence-corrected chi connectivity index (χ1v) is 7.74. The Morgan fingerprint density at radius 1 is 1.41 bits per heavy atom. The lowest BCUT2D eigenvalue weighted by atomic mass is 10.0. The highest BCUT2D eigenvalue weighted by Crippen LogP contribution is 2.28. The van der Waals surface area contributed by atoms with Crippen LogP contribution in [0.3, 0.4) is 0 Å². The van der Waals surface area contributed by atoms with Crippen LogP contribution >= 0.6 is 12.2 Å². The molecule has 1 aliphatic heterocycles. The van der Waals surface area contributed by atoms with Gasteiger partial charge in [-0.2, -0.15) is 0 Å². The number of rotatable bonds is 2. The summed E-state index contributed by atoms with van der Waals surface area (Å²) >= 11 is 5.39. The van der Waals surface area contributed by atoms with E-state index in [4.69, 9.17) is 18.0 Å². The van der Waals surface area contributed by atoms with Crippen LogP contribution in [0.4, 0.5) is 5.69 Å². The molecule has 0 saturated carbocycles. The Hall–Kier alpha value is -2.22. The molecule has 0 radical (unpaired) electrons. The average molecular weight is 317 g/mol. The molecule has 2 heterocycles. The minimum atomic E-state index is 0.0727. The van der Waals surface area contributed by atoms with E-state index in [0.29, 0.717) is 11.5 Å². The van der Waals surface area contributed by atoms with Gasteiger partial charge in [-0.05, 0) is 54.9 Å². The molecule has 0 amide bonds. The van der Waals surface area contributed by atoms with E-state index in [-0.39, 0.29) is 6.04 Å². The summed E-state index contributed by atoms with van der Waals surface area (Å²) in [6.45, 7) is 0.914. The summed E-state index contributed by atoms with van der Waals surface area (Å²) in [5, 5.41) is 16.7. The number of hydrogen-bond donors (Lipinski definition) is 2. The molecule has 0 aliphatic carbocycles. The van der Waals surface area contributed by atoms with Crippen molar-refractivity contribution in [3.8, 4) is 5.69 Å². The lowest BCUT2D eigenvalue weighted by Gasteiger charge is -2.35. The van der Waals surface area contributed by atoms with Gasteiger partial charge in [-0.3, -0.25) is 0 Å². The van der Waals surface area contributed by atoms with Crippen molar-refractivity contribution in [1.82, 2.24) is 30.4 Å². The topological polar surface area (TPSA) is 84.9 Å². The molecule has 3 N–H and O–H groups in total. The van der Waals surface area contributed by atoms with Crippen LogP contribution in [0.25, 0.3) is 5.69 Å². The normalized spacial score (nSPS) is 18.2. The van der Waals surface area contributed by atoms with Crippen LogP contribution in [-0.2, 0) is 0 Å². The lowest BCUT2D eigenvalue weighted by Crippen LogP contribution is -2.43. The molecule has 116 valence electrons. The van der Waals surface area contributed by atoms with Gasteiger partial charge in [-0.15, -0.1) is 15.0 Å². The maximum atomic E-state index is 5.80. The Morgan fingerprint density at radius 3 is 3.05 bits per heavy atom. The third kappa shape index (κ3) is 2.87. The zero-order valence-electron chi connectivity index (χ0n) is 12.4. The van der Waals surface area contributed by atoms with Gasteiger partial charge in [0.15, 0.2) is 10.9 Å². The van der Waals surface area contributed by atoms with Gasteiger partial charge < -0.3 is 16.0 Å². The van der Waals surface area contributed by atoms with Crippen molar-refractivity contribution in [1.29, 1.82) is 0 Å². The molecule has 1 fully saturated rings. The molecule has 3 rings (SSSR count). The van der Waals surface area contributed by atoms with E-state index < -0.39 is 0 Å². The zero-order valence-corrected chi connectivity index (χ0v) is 13.3. The maximum absolute atomic E-state index is 5.80. The number of aromatic nitrogens is 4. The molecule has 0 spiro atoms. The number of nitrogen functional groups attached to an aromatic ring is 1. The van der Waals surface area contributed by atoms with Gasteiger partial charge in [-0.1, -0.05) is 6.07 Å². The van der Waals surface area contributed by atoms with Crippen molar-refractivity contribution in [2.75, 3.05) is 19.3 Å². The quantitative estimate of drug-likeness (QED) is 0.637. The van der Waals surface area contributed by atoms with Gasteiger partial charge in [0.2, 0.25) is 0 Å². The summed E-state index contributed by atoms with van der Waals surface area (Å²) in [6, 6.07) is 7.50. The zero-order chi connectivity index (χ0) is 15.5. The predicted octanol–water partition coefficient (Wildman–Crippen LogP) is 1.28. The molecule has 1 atom stereocenters. The van der Waals surface area contributed by atoms with Gasteiger partial charge in [-0.25, -0.2) is 0 Å². The van der Waals surface area contributed by atoms with E-state index in [1.54, 1.807) is 0 Å². The first-order chi connectivity index (χ1) is 10.7. The Kier molecular flexibility index (Phi) is 4.19. The number of thiocarbonyl (C=S) groups is 1. The second-order valence-corrected chi connectivity index (χ2v) is 5.68. The summed E-state index contributed by atoms with van der Waals surface area (Å²) in [6.07, 6.45) is 3.24.